The number of carbonyl (C=O) groups is 2. The first kappa shape index (κ1) is 22.8. The highest BCUT2D eigenvalue weighted by Gasteiger charge is 2.19. The van der Waals surface area contributed by atoms with Crippen molar-refractivity contribution in [3.8, 4) is 5.88 Å². The van der Waals surface area contributed by atoms with Gasteiger partial charge in [0.25, 0.3) is 0 Å². The van der Waals surface area contributed by atoms with Gasteiger partial charge >= 0.3 is 0 Å². The number of aromatic nitrogens is 1. The Labute approximate surface area is 198 Å². The van der Waals surface area contributed by atoms with E-state index in [4.69, 9.17) is 4.99 Å². The lowest BCUT2D eigenvalue weighted by molar-refractivity contribution is -0.132. The number of aliphatic imine (C=N–C) groups is 1. The number of aromatic hydroxyl groups is 1. The number of hydrogen-bond donors (Lipinski definition) is 2. The zero-order valence-electron chi connectivity index (χ0n) is 19.3. The number of hydrogen-bond acceptors (Lipinski definition) is 4. The van der Waals surface area contributed by atoms with Crippen LogP contribution in [0.15, 0.2) is 83.9 Å². The van der Waals surface area contributed by atoms with Crippen molar-refractivity contribution in [1.82, 2.24) is 9.88 Å². The molecule has 1 heterocycles. The first-order valence-electron chi connectivity index (χ1n) is 10.9. The number of nitrogens with zero attached hydrogens (tertiary/aromatic N) is 3. The Bertz CT molecular complexity index is 1360. The molecule has 0 saturated heterocycles. The molecule has 4 rings (SSSR count). The molecule has 2 amide bonds. The fourth-order valence-electron chi connectivity index (χ4n) is 3.67. The van der Waals surface area contributed by atoms with Crippen LogP contribution in [0.2, 0.25) is 0 Å². The number of fused-ring (bicyclic) bond motifs is 1. The molecule has 7 nitrogen and oxygen atoms in total. The van der Waals surface area contributed by atoms with Crippen LogP contribution in [0.25, 0.3) is 10.9 Å². The molecule has 0 unspecified atom stereocenters. The lowest BCUT2D eigenvalue weighted by Crippen LogP contribution is -2.38. The van der Waals surface area contributed by atoms with Crippen LogP contribution in [0.1, 0.15) is 18.1 Å². The molecule has 0 fully saturated rings. The van der Waals surface area contributed by atoms with E-state index in [0.29, 0.717) is 22.6 Å². The number of likely N-dealkylation sites (N-methyl/N-ethyl adjacent to an activating group) is 2. The van der Waals surface area contributed by atoms with E-state index in [-0.39, 0.29) is 24.2 Å². The van der Waals surface area contributed by atoms with Gasteiger partial charge in [0.1, 0.15) is 0 Å². The third-order valence-corrected chi connectivity index (χ3v) is 5.73. The Kier molecular flexibility index (Phi) is 6.45. The highest BCUT2D eigenvalue weighted by Crippen LogP contribution is 2.31. The molecule has 0 aliphatic rings. The summed E-state index contributed by atoms with van der Waals surface area (Å²) in [7, 11) is 3.27. The Hall–Kier alpha value is -4.39. The highest BCUT2D eigenvalue weighted by molar-refractivity contribution is 6.21. The molecule has 0 spiro atoms. The first-order chi connectivity index (χ1) is 16.3. The Balaban J connectivity index is 1.70. The van der Waals surface area contributed by atoms with E-state index in [2.05, 4.69) is 4.98 Å². The van der Waals surface area contributed by atoms with Gasteiger partial charge in [-0.05, 0) is 30.3 Å². The first-order valence-corrected chi connectivity index (χ1v) is 10.9. The van der Waals surface area contributed by atoms with Crippen LogP contribution < -0.4 is 4.90 Å². The van der Waals surface area contributed by atoms with Crippen LogP contribution in [0, 0.1) is 0 Å². The van der Waals surface area contributed by atoms with Crippen molar-refractivity contribution >= 4 is 39.8 Å². The summed E-state index contributed by atoms with van der Waals surface area (Å²) in [5, 5.41) is 11.6. The lowest BCUT2D eigenvalue weighted by Gasteiger charge is -2.21. The molecular weight excluding hydrogens is 428 g/mol. The number of nitrogens with one attached hydrogen (secondary N) is 1. The Morgan fingerprint density at radius 3 is 2.24 bits per heavy atom. The van der Waals surface area contributed by atoms with E-state index < -0.39 is 0 Å². The highest BCUT2D eigenvalue weighted by atomic mass is 16.3. The Morgan fingerprint density at radius 1 is 0.912 bits per heavy atom. The van der Waals surface area contributed by atoms with Gasteiger partial charge in [-0.2, -0.15) is 0 Å². The summed E-state index contributed by atoms with van der Waals surface area (Å²) in [6.45, 7) is 1.43. The van der Waals surface area contributed by atoms with Crippen LogP contribution in [-0.2, 0) is 9.59 Å². The topological polar surface area (TPSA) is 89.0 Å². The lowest BCUT2D eigenvalue weighted by atomic mass is 10.0. The number of anilines is 1. The van der Waals surface area contributed by atoms with Crippen molar-refractivity contribution in [2.45, 2.75) is 6.92 Å². The van der Waals surface area contributed by atoms with Crippen LogP contribution in [0.4, 0.5) is 11.4 Å². The summed E-state index contributed by atoms with van der Waals surface area (Å²) in [4.78, 5) is 34.7. The molecule has 0 bridgehead atoms. The molecule has 0 radical (unpaired) electrons. The van der Waals surface area contributed by atoms with Crippen molar-refractivity contribution in [1.29, 1.82) is 0 Å². The average molecular weight is 455 g/mol. The molecule has 7 heteroatoms. The molecule has 0 aliphatic heterocycles. The zero-order valence-corrected chi connectivity index (χ0v) is 19.3. The minimum Gasteiger partial charge on any atom is -0.494 e. The third-order valence-electron chi connectivity index (χ3n) is 5.73. The molecule has 172 valence electrons. The fraction of sp³-hybridized carbons (Fsp3) is 0.148. The Morgan fingerprint density at radius 2 is 1.56 bits per heavy atom. The van der Waals surface area contributed by atoms with Gasteiger partial charge in [0.15, 0.2) is 5.88 Å². The zero-order chi connectivity index (χ0) is 24.2. The number of rotatable bonds is 6. The quantitative estimate of drug-likeness (QED) is 0.421. The van der Waals surface area contributed by atoms with Crippen LogP contribution in [-0.4, -0.2) is 53.2 Å². The minimum absolute atomic E-state index is 0.00370. The number of carbonyl (C=O) groups excluding carboxylic acids is 2. The summed E-state index contributed by atoms with van der Waals surface area (Å²) in [5.41, 5.74) is 4.32. The monoisotopic (exact) mass is 454 g/mol. The van der Waals surface area contributed by atoms with E-state index in [0.717, 1.165) is 16.5 Å². The van der Waals surface area contributed by atoms with E-state index in [1.807, 2.05) is 78.9 Å². The van der Waals surface area contributed by atoms with Gasteiger partial charge in [-0.15, -0.1) is 0 Å². The summed E-state index contributed by atoms with van der Waals surface area (Å²) in [5.74, 6) is -0.302. The van der Waals surface area contributed by atoms with Gasteiger partial charge < -0.3 is 19.9 Å². The normalized spacial score (nSPS) is 11.4. The fourth-order valence-corrected chi connectivity index (χ4v) is 3.67. The minimum atomic E-state index is -0.192. The van der Waals surface area contributed by atoms with Gasteiger partial charge in [-0.3, -0.25) is 9.59 Å². The van der Waals surface area contributed by atoms with E-state index in [1.54, 1.807) is 14.1 Å². The van der Waals surface area contributed by atoms with Crippen molar-refractivity contribution in [2.75, 3.05) is 25.5 Å². The molecule has 0 atom stereocenters. The smallest absolute Gasteiger partial charge is 0.246 e. The molecule has 1 aromatic heterocycles. The summed E-state index contributed by atoms with van der Waals surface area (Å²) < 4.78 is 0. The molecule has 4 aromatic rings. The number of para-hydroxylation sites is 1. The number of aromatic amines is 1. The van der Waals surface area contributed by atoms with Crippen LogP contribution >= 0.6 is 0 Å². The molecule has 3 aromatic carbocycles. The van der Waals surface area contributed by atoms with Crippen LogP contribution in [0.3, 0.4) is 0 Å². The van der Waals surface area contributed by atoms with Crippen molar-refractivity contribution < 1.29 is 14.7 Å². The number of amides is 2. The molecule has 0 aliphatic carbocycles. The van der Waals surface area contributed by atoms with E-state index >= 15 is 0 Å². The van der Waals surface area contributed by atoms with Crippen molar-refractivity contribution in [2.24, 2.45) is 4.99 Å². The van der Waals surface area contributed by atoms with Gasteiger partial charge in [0, 0.05) is 43.2 Å². The largest absolute Gasteiger partial charge is 0.494 e. The van der Waals surface area contributed by atoms with E-state index in [9.17, 15) is 14.7 Å². The van der Waals surface area contributed by atoms with E-state index in [1.165, 1.54) is 16.7 Å². The second-order valence-electron chi connectivity index (χ2n) is 8.06. The maximum absolute atomic E-state index is 12.5. The molecular formula is C27H26N4O3. The van der Waals surface area contributed by atoms with Crippen LogP contribution in [0.5, 0.6) is 5.88 Å². The molecule has 2 N–H and O–H groups in total. The van der Waals surface area contributed by atoms with Gasteiger partial charge in [-0.25, -0.2) is 4.99 Å². The summed E-state index contributed by atoms with van der Waals surface area (Å²) >= 11 is 0. The summed E-state index contributed by atoms with van der Waals surface area (Å²) in [6.07, 6.45) is 0. The number of benzene rings is 3. The van der Waals surface area contributed by atoms with Gasteiger partial charge in [-0.1, -0.05) is 48.5 Å². The SMILES string of the molecule is CC(=O)N(C)CC(=O)N(C)c1ccc(N=C(c2ccccc2)c2c(O)[nH]c3ccccc23)cc1. The predicted molar refractivity (Wildman–Crippen MR) is 135 cm³/mol. The third kappa shape index (κ3) is 4.68. The number of H-pyrrole nitrogens is 1. The second-order valence-corrected chi connectivity index (χ2v) is 8.06. The van der Waals surface area contributed by atoms with Gasteiger partial charge in [0.05, 0.1) is 23.5 Å². The second kappa shape index (κ2) is 9.62. The standard InChI is InChI=1S/C27H26N4O3/c1-18(32)30(2)17-24(33)31(3)21-15-13-20(14-16-21)28-26(19-9-5-4-6-10-19)25-22-11-7-8-12-23(22)29-27(25)34/h4-16,29,34H,17H2,1-3H3. The predicted octanol–water partition coefficient (Wildman–Crippen LogP) is 4.48. The average Bonchev–Trinajstić information content (AvgIpc) is 3.18. The molecule has 34 heavy (non-hydrogen) atoms. The summed E-state index contributed by atoms with van der Waals surface area (Å²) in [6, 6.07) is 24.6. The maximum Gasteiger partial charge on any atom is 0.246 e. The molecule has 0 saturated carbocycles. The van der Waals surface area contributed by atoms with Crippen molar-refractivity contribution in [3.05, 3.63) is 90.0 Å². The van der Waals surface area contributed by atoms with Gasteiger partial charge in [0.2, 0.25) is 11.8 Å². The maximum atomic E-state index is 12.5. The van der Waals surface area contributed by atoms with Crippen molar-refractivity contribution in [3.63, 3.8) is 0 Å².